The highest BCUT2D eigenvalue weighted by molar-refractivity contribution is 4.81. The first kappa shape index (κ1) is 14.1. The van der Waals surface area contributed by atoms with Crippen molar-refractivity contribution in [2.45, 2.75) is 79.1 Å². The van der Waals surface area contributed by atoms with E-state index < -0.39 is 0 Å². The monoisotopic (exact) mass is 224 g/mol. The van der Waals surface area contributed by atoms with Gasteiger partial charge in [0.25, 0.3) is 0 Å². The maximum absolute atomic E-state index is 2.47. The van der Waals surface area contributed by atoms with Crippen LogP contribution in [0.5, 0.6) is 0 Å². The summed E-state index contributed by atoms with van der Waals surface area (Å²) in [4.78, 5) is 0. The van der Waals surface area contributed by atoms with Crippen molar-refractivity contribution in [3.05, 3.63) is 0 Å². The number of hydrogen-bond acceptors (Lipinski definition) is 0. The largest absolute Gasteiger partial charge is 0.0654 e. The maximum atomic E-state index is 2.47. The van der Waals surface area contributed by atoms with Crippen molar-refractivity contribution in [2.75, 3.05) is 0 Å². The Morgan fingerprint density at radius 1 is 1.12 bits per heavy atom. The van der Waals surface area contributed by atoms with Gasteiger partial charge in [0.2, 0.25) is 0 Å². The third-order valence-electron chi connectivity index (χ3n) is 4.71. The third-order valence-corrected chi connectivity index (χ3v) is 4.71. The quantitative estimate of drug-likeness (QED) is 0.489. The molecular weight excluding hydrogens is 192 g/mol. The van der Waals surface area contributed by atoms with E-state index in [1.807, 2.05) is 0 Å². The Bertz CT molecular complexity index is 173. The summed E-state index contributed by atoms with van der Waals surface area (Å²) in [6.45, 7) is 9.61. The topological polar surface area (TPSA) is 0 Å². The Morgan fingerprint density at radius 2 is 1.88 bits per heavy atom. The van der Waals surface area contributed by atoms with Crippen LogP contribution < -0.4 is 0 Å². The molecule has 4 unspecified atom stereocenters. The molecule has 0 heteroatoms. The highest BCUT2D eigenvalue weighted by atomic mass is 14.4. The summed E-state index contributed by atoms with van der Waals surface area (Å²) < 4.78 is 0. The van der Waals surface area contributed by atoms with Gasteiger partial charge in [0, 0.05) is 0 Å². The molecule has 0 spiro atoms. The lowest BCUT2D eigenvalue weighted by Crippen LogP contribution is -2.04. The van der Waals surface area contributed by atoms with Gasteiger partial charge in [-0.1, -0.05) is 59.8 Å². The molecule has 16 heavy (non-hydrogen) atoms. The zero-order valence-corrected chi connectivity index (χ0v) is 12.0. The van der Waals surface area contributed by atoms with Gasteiger partial charge in [-0.25, -0.2) is 0 Å². The fourth-order valence-corrected chi connectivity index (χ4v) is 3.67. The minimum Gasteiger partial charge on any atom is -0.0654 e. The van der Waals surface area contributed by atoms with E-state index in [0.717, 1.165) is 23.7 Å². The lowest BCUT2D eigenvalue weighted by Gasteiger charge is -2.16. The summed E-state index contributed by atoms with van der Waals surface area (Å²) in [5.41, 5.74) is 0. The van der Waals surface area contributed by atoms with Crippen LogP contribution in [0.3, 0.4) is 0 Å². The van der Waals surface area contributed by atoms with Crippen LogP contribution in [0.15, 0.2) is 0 Å². The first-order chi connectivity index (χ1) is 7.67. The SMILES string of the molecule is CCCCCC(C)CC1CC(C)C(CC)C1. The lowest BCUT2D eigenvalue weighted by molar-refractivity contribution is 0.358. The van der Waals surface area contributed by atoms with E-state index in [-0.39, 0.29) is 0 Å². The Kier molecular flexibility index (Phi) is 6.46. The van der Waals surface area contributed by atoms with E-state index in [9.17, 15) is 0 Å². The van der Waals surface area contributed by atoms with E-state index in [1.54, 1.807) is 0 Å². The molecule has 0 radical (unpaired) electrons. The van der Waals surface area contributed by atoms with E-state index in [2.05, 4.69) is 27.7 Å². The molecule has 0 aromatic rings. The predicted molar refractivity (Wildman–Crippen MR) is 73.6 cm³/mol. The second-order valence-corrected chi connectivity index (χ2v) is 6.32. The van der Waals surface area contributed by atoms with E-state index in [4.69, 9.17) is 0 Å². The van der Waals surface area contributed by atoms with Crippen molar-refractivity contribution in [1.82, 2.24) is 0 Å². The molecule has 1 fully saturated rings. The van der Waals surface area contributed by atoms with Crippen LogP contribution in [0.25, 0.3) is 0 Å². The fourth-order valence-electron chi connectivity index (χ4n) is 3.67. The van der Waals surface area contributed by atoms with Gasteiger partial charge in [-0.2, -0.15) is 0 Å². The number of hydrogen-bond donors (Lipinski definition) is 0. The zero-order valence-electron chi connectivity index (χ0n) is 12.0. The summed E-state index contributed by atoms with van der Waals surface area (Å²) >= 11 is 0. The minimum absolute atomic E-state index is 0.972. The molecule has 4 atom stereocenters. The van der Waals surface area contributed by atoms with Crippen LogP contribution >= 0.6 is 0 Å². The molecule has 0 bridgehead atoms. The number of rotatable bonds is 7. The van der Waals surface area contributed by atoms with Crippen LogP contribution in [-0.2, 0) is 0 Å². The molecule has 0 heterocycles. The first-order valence-corrected chi connectivity index (χ1v) is 7.67. The molecule has 1 saturated carbocycles. The highest BCUT2D eigenvalue weighted by Gasteiger charge is 2.30. The molecule has 1 rings (SSSR count). The molecule has 0 aromatic heterocycles. The molecule has 1 aliphatic carbocycles. The van der Waals surface area contributed by atoms with Crippen LogP contribution in [-0.4, -0.2) is 0 Å². The van der Waals surface area contributed by atoms with Crippen molar-refractivity contribution in [3.8, 4) is 0 Å². The molecule has 0 amide bonds. The fraction of sp³-hybridized carbons (Fsp3) is 1.00. The van der Waals surface area contributed by atoms with Gasteiger partial charge < -0.3 is 0 Å². The van der Waals surface area contributed by atoms with Gasteiger partial charge in [0.15, 0.2) is 0 Å². The zero-order chi connectivity index (χ0) is 12.0. The Morgan fingerprint density at radius 3 is 2.44 bits per heavy atom. The molecular formula is C16H32. The third kappa shape index (κ3) is 4.47. The van der Waals surface area contributed by atoms with Crippen molar-refractivity contribution in [3.63, 3.8) is 0 Å². The van der Waals surface area contributed by atoms with Crippen molar-refractivity contribution >= 4 is 0 Å². The minimum atomic E-state index is 0.972. The number of unbranched alkanes of at least 4 members (excludes halogenated alkanes) is 2. The molecule has 0 nitrogen and oxygen atoms in total. The van der Waals surface area contributed by atoms with Crippen LogP contribution in [0, 0.1) is 23.7 Å². The van der Waals surface area contributed by atoms with Gasteiger partial charge in [0.05, 0.1) is 0 Å². The average molecular weight is 224 g/mol. The van der Waals surface area contributed by atoms with E-state index in [1.165, 1.54) is 51.4 Å². The van der Waals surface area contributed by atoms with Crippen molar-refractivity contribution in [2.24, 2.45) is 23.7 Å². The van der Waals surface area contributed by atoms with Gasteiger partial charge >= 0.3 is 0 Å². The van der Waals surface area contributed by atoms with Gasteiger partial charge in [0.1, 0.15) is 0 Å². The second-order valence-electron chi connectivity index (χ2n) is 6.32. The molecule has 96 valence electrons. The second kappa shape index (κ2) is 7.35. The van der Waals surface area contributed by atoms with Crippen molar-refractivity contribution in [1.29, 1.82) is 0 Å². The molecule has 0 saturated heterocycles. The molecule has 0 aromatic carbocycles. The maximum Gasteiger partial charge on any atom is -0.0388 e. The molecule has 1 aliphatic rings. The Labute approximate surface area is 103 Å². The van der Waals surface area contributed by atoms with Crippen LogP contribution in [0.4, 0.5) is 0 Å². The predicted octanol–water partition coefficient (Wildman–Crippen LogP) is 5.67. The Hall–Kier alpha value is 0. The van der Waals surface area contributed by atoms with Crippen LogP contribution in [0.2, 0.25) is 0 Å². The van der Waals surface area contributed by atoms with E-state index >= 15 is 0 Å². The smallest absolute Gasteiger partial charge is 0.0388 e. The van der Waals surface area contributed by atoms with Gasteiger partial charge in [-0.15, -0.1) is 0 Å². The van der Waals surface area contributed by atoms with Crippen LogP contribution in [0.1, 0.15) is 79.1 Å². The van der Waals surface area contributed by atoms with Gasteiger partial charge in [-0.05, 0) is 42.9 Å². The molecule has 0 aliphatic heterocycles. The Balaban J connectivity index is 2.17. The summed E-state index contributed by atoms with van der Waals surface area (Å²) in [5, 5.41) is 0. The lowest BCUT2D eigenvalue weighted by atomic mass is 9.90. The standard InChI is InChI=1S/C16H32/c1-5-7-8-9-13(3)10-15-11-14(4)16(6-2)12-15/h13-16H,5-12H2,1-4H3. The summed E-state index contributed by atoms with van der Waals surface area (Å²) in [7, 11) is 0. The average Bonchev–Trinajstić information content (AvgIpc) is 2.59. The van der Waals surface area contributed by atoms with E-state index in [0.29, 0.717) is 0 Å². The van der Waals surface area contributed by atoms with Gasteiger partial charge in [-0.3, -0.25) is 0 Å². The van der Waals surface area contributed by atoms with Crippen molar-refractivity contribution < 1.29 is 0 Å². The molecule has 0 N–H and O–H groups in total. The summed E-state index contributed by atoms with van der Waals surface area (Å²) in [5.74, 6) is 4.06. The highest BCUT2D eigenvalue weighted by Crippen LogP contribution is 2.41. The normalized spacial score (nSPS) is 31.9. The summed E-state index contributed by atoms with van der Waals surface area (Å²) in [6, 6.07) is 0. The summed E-state index contributed by atoms with van der Waals surface area (Å²) in [6.07, 6.45) is 11.7. The first-order valence-electron chi connectivity index (χ1n) is 7.67.